The topological polar surface area (TPSA) is 108 Å². The minimum atomic E-state index is -4.59. The monoisotopic (exact) mass is 1090 g/mol. The van der Waals surface area contributed by atoms with Crippen LogP contribution in [0.5, 0.6) is 0 Å². The highest BCUT2D eigenvalue weighted by Crippen LogP contribution is 2.38. The van der Waals surface area contributed by atoms with Crippen molar-refractivity contribution >= 4 is 13.7 Å². The van der Waals surface area contributed by atoms with Gasteiger partial charge in [-0.05, 0) is 57.8 Å². The van der Waals surface area contributed by atoms with E-state index >= 15 is 0 Å². The number of likely N-dealkylation sites (N-methyl/N-ethyl adjacent to an activating group) is 1. The number of phosphoric acid groups is 1. The molecule has 0 aliphatic rings. The van der Waals surface area contributed by atoms with E-state index in [2.05, 4.69) is 55.6 Å². The van der Waals surface area contributed by atoms with Gasteiger partial charge in [-0.15, -0.1) is 0 Å². The Balaban J connectivity index is 3.84. The van der Waals surface area contributed by atoms with E-state index in [0.717, 1.165) is 51.4 Å². The molecule has 0 heterocycles. The summed E-state index contributed by atoms with van der Waals surface area (Å²) in [6.07, 6.45) is 78.1. The number of phosphoric ester groups is 1. The third-order valence-electron chi connectivity index (χ3n) is 15.0. The third-order valence-corrected chi connectivity index (χ3v) is 16.0. The summed E-state index contributed by atoms with van der Waals surface area (Å²) < 4.78 is 23.3. The lowest BCUT2D eigenvalue weighted by Gasteiger charge is -2.29. The highest BCUT2D eigenvalue weighted by atomic mass is 31.2. The van der Waals surface area contributed by atoms with E-state index in [0.29, 0.717) is 17.4 Å². The lowest BCUT2D eigenvalue weighted by Crippen LogP contribution is -2.45. The number of nitrogens with one attached hydrogen (secondary N) is 1. The quantitative estimate of drug-likeness (QED) is 0.0272. The highest BCUT2D eigenvalue weighted by Gasteiger charge is 2.23. The fourth-order valence-corrected chi connectivity index (χ4v) is 10.6. The van der Waals surface area contributed by atoms with Crippen LogP contribution in [-0.4, -0.2) is 68.5 Å². The third kappa shape index (κ3) is 60.1. The normalized spacial score (nSPS) is 14.0. The molecule has 2 N–H and O–H groups in total. The molecule has 0 aromatic carbocycles. The van der Waals surface area contributed by atoms with Crippen molar-refractivity contribution in [2.45, 2.75) is 334 Å². The van der Waals surface area contributed by atoms with Gasteiger partial charge >= 0.3 is 0 Å². The number of amides is 1. The second-order valence-corrected chi connectivity index (χ2v) is 25.2. The maximum atomic E-state index is 13.0. The maximum absolute atomic E-state index is 13.0. The summed E-state index contributed by atoms with van der Waals surface area (Å²) in [6, 6.07) is -0.884. The summed E-state index contributed by atoms with van der Waals surface area (Å²) in [5.41, 5.74) is 0. The molecule has 0 aliphatic heterocycles. The molecule has 8 nitrogen and oxygen atoms in total. The molecule has 0 saturated heterocycles. The number of hydrogen-bond acceptors (Lipinski definition) is 6. The van der Waals surface area contributed by atoms with Crippen LogP contribution in [0.4, 0.5) is 0 Å². The summed E-state index contributed by atoms with van der Waals surface area (Å²) in [4.78, 5) is 25.5. The molecule has 3 unspecified atom stereocenters. The number of carbonyl (C=O) groups is 1. The van der Waals surface area contributed by atoms with Gasteiger partial charge in [-0.1, -0.05) is 306 Å². The number of quaternary nitrogens is 1. The zero-order valence-electron chi connectivity index (χ0n) is 51.2. The lowest BCUT2D eigenvalue weighted by atomic mass is 10.0. The van der Waals surface area contributed by atoms with Crippen LogP contribution in [-0.2, 0) is 18.4 Å². The molecule has 1 amide bonds. The number of rotatable bonds is 61. The van der Waals surface area contributed by atoms with Crippen LogP contribution in [0.25, 0.3) is 0 Å². The Morgan fingerprint density at radius 1 is 0.461 bits per heavy atom. The Labute approximate surface area is 473 Å². The number of allylic oxidation sites excluding steroid dienone is 7. The molecule has 0 saturated carbocycles. The number of aliphatic hydroxyl groups excluding tert-OH is 1. The van der Waals surface area contributed by atoms with Gasteiger partial charge < -0.3 is 28.8 Å². The Morgan fingerprint density at radius 3 is 1.11 bits per heavy atom. The largest absolute Gasteiger partial charge is 0.756 e. The first-order valence-corrected chi connectivity index (χ1v) is 34.5. The first-order chi connectivity index (χ1) is 37.0. The average Bonchev–Trinajstić information content (AvgIpc) is 3.38. The van der Waals surface area contributed by atoms with Crippen molar-refractivity contribution in [1.82, 2.24) is 5.32 Å². The molecule has 76 heavy (non-hydrogen) atoms. The fraction of sp³-hybridized carbons (Fsp3) is 0.866. The molecule has 0 bridgehead atoms. The van der Waals surface area contributed by atoms with E-state index in [1.807, 2.05) is 27.2 Å². The molecular formula is C67H129N2O6P. The van der Waals surface area contributed by atoms with Crippen molar-refractivity contribution in [2.75, 3.05) is 40.9 Å². The van der Waals surface area contributed by atoms with Gasteiger partial charge in [0.2, 0.25) is 5.91 Å². The SMILES string of the molecule is CCCCCCC/C=C\C/C=C\C/C=C\CCCCCCCCCCCCCCCCCCCCCCCCCCCCC(=O)NC(COP(=O)([O-])OCC[N+](C)(C)C)C(O)/C=C/CCCCCCCCCCCCC. The van der Waals surface area contributed by atoms with Crippen molar-refractivity contribution in [1.29, 1.82) is 0 Å². The van der Waals surface area contributed by atoms with Crippen LogP contribution in [0.2, 0.25) is 0 Å². The Bertz CT molecular complexity index is 1380. The van der Waals surface area contributed by atoms with E-state index in [1.54, 1.807) is 6.08 Å². The van der Waals surface area contributed by atoms with Gasteiger partial charge in [-0.2, -0.15) is 0 Å². The second kappa shape index (κ2) is 58.1. The molecule has 3 atom stereocenters. The molecule has 0 aromatic heterocycles. The van der Waals surface area contributed by atoms with Crippen molar-refractivity contribution in [3.8, 4) is 0 Å². The predicted molar refractivity (Wildman–Crippen MR) is 330 cm³/mol. The maximum Gasteiger partial charge on any atom is 0.268 e. The Morgan fingerprint density at radius 2 is 0.763 bits per heavy atom. The van der Waals surface area contributed by atoms with Crippen LogP contribution in [0.15, 0.2) is 48.6 Å². The van der Waals surface area contributed by atoms with Gasteiger partial charge in [-0.3, -0.25) is 9.36 Å². The van der Waals surface area contributed by atoms with Gasteiger partial charge in [0.25, 0.3) is 7.82 Å². The zero-order valence-corrected chi connectivity index (χ0v) is 52.1. The predicted octanol–water partition coefficient (Wildman–Crippen LogP) is 20.0. The van der Waals surface area contributed by atoms with Crippen molar-refractivity contribution < 1.29 is 32.9 Å². The van der Waals surface area contributed by atoms with Crippen molar-refractivity contribution in [3.05, 3.63) is 48.6 Å². The van der Waals surface area contributed by atoms with Gasteiger partial charge in [0.1, 0.15) is 13.2 Å². The first kappa shape index (κ1) is 74.5. The molecule has 0 radical (unpaired) electrons. The summed E-state index contributed by atoms with van der Waals surface area (Å²) >= 11 is 0. The Kier molecular flexibility index (Phi) is 56.9. The number of nitrogens with zero attached hydrogens (tertiary/aromatic N) is 1. The lowest BCUT2D eigenvalue weighted by molar-refractivity contribution is -0.870. The molecule has 9 heteroatoms. The summed E-state index contributed by atoms with van der Waals surface area (Å²) in [5.74, 6) is -0.193. The van der Waals surface area contributed by atoms with Gasteiger partial charge in [0.05, 0.1) is 39.9 Å². The molecule has 0 aliphatic carbocycles. The van der Waals surface area contributed by atoms with E-state index < -0.39 is 20.0 Å². The van der Waals surface area contributed by atoms with Crippen LogP contribution in [0.1, 0.15) is 322 Å². The molecule has 0 rings (SSSR count). The van der Waals surface area contributed by atoms with Crippen LogP contribution in [0, 0.1) is 0 Å². The van der Waals surface area contributed by atoms with Crippen LogP contribution < -0.4 is 10.2 Å². The molecule has 0 aromatic rings. The van der Waals surface area contributed by atoms with Crippen LogP contribution >= 0.6 is 7.82 Å². The molecule has 448 valence electrons. The summed E-state index contributed by atoms with van der Waals surface area (Å²) in [6.45, 7) is 4.66. The van der Waals surface area contributed by atoms with Crippen LogP contribution in [0.3, 0.4) is 0 Å². The molecule has 0 fully saturated rings. The van der Waals surface area contributed by atoms with E-state index in [9.17, 15) is 19.4 Å². The zero-order chi connectivity index (χ0) is 55.6. The van der Waals surface area contributed by atoms with E-state index in [4.69, 9.17) is 9.05 Å². The minimum Gasteiger partial charge on any atom is -0.756 e. The van der Waals surface area contributed by atoms with Crippen molar-refractivity contribution in [3.63, 3.8) is 0 Å². The number of hydrogen-bond donors (Lipinski definition) is 2. The average molecular weight is 1090 g/mol. The smallest absolute Gasteiger partial charge is 0.268 e. The second-order valence-electron chi connectivity index (χ2n) is 23.8. The number of unbranched alkanes of at least 4 members (excludes halogenated alkanes) is 42. The standard InChI is InChI=1S/C67H129N2O6P/c1-6-8-10-12-14-16-18-20-21-22-23-24-25-26-27-28-29-30-31-32-33-34-35-36-37-38-39-40-41-42-43-44-45-46-47-49-51-53-55-57-59-61-67(71)68-65(64-75-76(72,73)74-63-62-69(3,4)5)66(70)60-58-56-54-52-50-48-19-17-15-13-11-9-7-2/h18,20,22-23,25-26,58,60,65-66,70H,6-17,19,21,24,27-57,59,61-64H2,1-5H3,(H-,68,71,72,73)/b20-18-,23-22-,26-25-,60-58+. The van der Waals surface area contributed by atoms with E-state index in [1.165, 1.54) is 250 Å². The van der Waals surface area contributed by atoms with Gasteiger partial charge in [0, 0.05) is 6.42 Å². The van der Waals surface area contributed by atoms with E-state index in [-0.39, 0.29) is 19.1 Å². The highest BCUT2D eigenvalue weighted by molar-refractivity contribution is 7.45. The minimum absolute atomic E-state index is 0.000655. The van der Waals surface area contributed by atoms with Crippen molar-refractivity contribution in [2.24, 2.45) is 0 Å². The van der Waals surface area contributed by atoms with Gasteiger partial charge in [0.15, 0.2) is 0 Å². The first-order valence-electron chi connectivity index (χ1n) is 33.0. The Hall–Kier alpha value is -1.54. The molecular weight excluding hydrogens is 960 g/mol. The van der Waals surface area contributed by atoms with Gasteiger partial charge in [-0.25, -0.2) is 0 Å². The summed E-state index contributed by atoms with van der Waals surface area (Å²) in [7, 11) is 1.27. The fourth-order valence-electron chi connectivity index (χ4n) is 9.87. The number of aliphatic hydroxyl groups is 1. The summed E-state index contributed by atoms with van der Waals surface area (Å²) in [5, 5.41) is 13.9. The molecule has 0 spiro atoms. The number of carbonyl (C=O) groups excluding carboxylic acids is 1.